The molecule has 1 rings (SSSR count). The van der Waals surface area contributed by atoms with Crippen LogP contribution in [-0.2, 0) is 9.84 Å². The Balaban J connectivity index is 2.08. The largest absolute Gasteiger partial charge is 0.378 e. The molecule has 1 saturated heterocycles. The molecular formula is C6H12NO2. The van der Waals surface area contributed by atoms with Crippen molar-refractivity contribution >= 4 is 0 Å². The van der Waals surface area contributed by atoms with Crippen LogP contribution in [0.2, 0.25) is 0 Å². The molecule has 0 N–H and O–H groups in total. The van der Waals surface area contributed by atoms with Crippen molar-refractivity contribution in [3.63, 3.8) is 0 Å². The van der Waals surface area contributed by atoms with Gasteiger partial charge in [0, 0.05) is 6.54 Å². The van der Waals surface area contributed by atoms with Crippen LogP contribution < -0.4 is 0 Å². The van der Waals surface area contributed by atoms with Crippen molar-refractivity contribution in [2.24, 2.45) is 0 Å². The standard InChI is InChI=1S/C6H12NO2/c1-7(2-3-8)6-4-9-5-6/h6H,2-5H2,1H3. The minimum absolute atomic E-state index is 0.00694. The van der Waals surface area contributed by atoms with Crippen molar-refractivity contribution in [1.29, 1.82) is 0 Å². The Hall–Kier alpha value is -0.120. The van der Waals surface area contributed by atoms with Crippen LogP contribution in [0.15, 0.2) is 0 Å². The normalized spacial score (nSPS) is 20.3. The lowest BCUT2D eigenvalue weighted by Gasteiger charge is -2.33. The molecule has 0 aromatic rings. The molecule has 0 atom stereocenters. The number of likely N-dealkylation sites (N-methyl/N-ethyl adjacent to an activating group) is 1. The first-order valence-electron chi connectivity index (χ1n) is 3.20. The van der Waals surface area contributed by atoms with E-state index in [9.17, 15) is 5.11 Å². The Morgan fingerprint density at radius 3 is 2.67 bits per heavy atom. The van der Waals surface area contributed by atoms with Crippen LogP contribution in [0.1, 0.15) is 0 Å². The summed E-state index contributed by atoms with van der Waals surface area (Å²) in [4.78, 5) is 2.05. The molecule has 1 radical (unpaired) electrons. The lowest BCUT2D eigenvalue weighted by Crippen LogP contribution is -2.47. The summed E-state index contributed by atoms with van der Waals surface area (Å²) >= 11 is 0. The molecule has 3 nitrogen and oxygen atoms in total. The summed E-state index contributed by atoms with van der Waals surface area (Å²) < 4.78 is 4.96. The van der Waals surface area contributed by atoms with Gasteiger partial charge in [0.1, 0.15) is 0 Å². The molecule has 1 heterocycles. The van der Waals surface area contributed by atoms with E-state index in [4.69, 9.17) is 4.74 Å². The maximum absolute atomic E-state index is 10.1. The molecule has 0 bridgehead atoms. The van der Waals surface area contributed by atoms with Crippen molar-refractivity contribution in [3.05, 3.63) is 0 Å². The fourth-order valence-corrected chi connectivity index (χ4v) is 0.804. The zero-order valence-electron chi connectivity index (χ0n) is 5.67. The third kappa shape index (κ3) is 1.64. The molecular weight excluding hydrogens is 118 g/mol. The summed E-state index contributed by atoms with van der Waals surface area (Å²) in [5, 5.41) is 10.1. The summed E-state index contributed by atoms with van der Waals surface area (Å²) in [5.41, 5.74) is 0. The zero-order valence-corrected chi connectivity index (χ0v) is 5.67. The first kappa shape index (κ1) is 6.99. The molecule has 53 valence electrons. The van der Waals surface area contributed by atoms with Gasteiger partial charge in [-0.1, -0.05) is 0 Å². The Labute approximate surface area is 55.2 Å². The van der Waals surface area contributed by atoms with Gasteiger partial charge in [-0.05, 0) is 7.05 Å². The summed E-state index contributed by atoms with van der Waals surface area (Å²) in [5.74, 6) is 0. The molecule has 0 unspecified atom stereocenters. The Kier molecular flexibility index (Phi) is 2.45. The van der Waals surface area contributed by atoms with Crippen LogP contribution in [0.25, 0.3) is 0 Å². The molecule has 0 saturated carbocycles. The van der Waals surface area contributed by atoms with Gasteiger partial charge in [0.05, 0.1) is 25.9 Å². The van der Waals surface area contributed by atoms with E-state index >= 15 is 0 Å². The highest BCUT2D eigenvalue weighted by molar-refractivity contribution is 4.73. The van der Waals surface area contributed by atoms with Gasteiger partial charge in [-0.15, -0.1) is 0 Å². The van der Waals surface area contributed by atoms with Crippen molar-refractivity contribution in [2.75, 3.05) is 33.4 Å². The van der Waals surface area contributed by atoms with Gasteiger partial charge in [-0.3, -0.25) is 4.90 Å². The van der Waals surface area contributed by atoms with Crippen molar-refractivity contribution < 1.29 is 9.84 Å². The van der Waals surface area contributed by atoms with E-state index in [-0.39, 0.29) is 6.61 Å². The second kappa shape index (κ2) is 3.15. The average Bonchev–Trinajstić information content (AvgIpc) is 1.60. The van der Waals surface area contributed by atoms with Gasteiger partial charge in [-0.2, -0.15) is 0 Å². The molecule has 1 fully saturated rings. The van der Waals surface area contributed by atoms with Crippen LogP contribution in [0.5, 0.6) is 0 Å². The molecule has 9 heavy (non-hydrogen) atoms. The van der Waals surface area contributed by atoms with Crippen LogP contribution >= 0.6 is 0 Å². The summed E-state index contributed by atoms with van der Waals surface area (Å²) in [6, 6.07) is 0.513. The Morgan fingerprint density at radius 1 is 1.67 bits per heavy atom. The van der Waals surface area contributed by atoms with Gasteiger partial charge < -0.3 is 4.74 Å². The predicted octanol–water partition coefficient (Wildman–Crippen LogP) is -0.253. The number of ether oxygens (including phenoxy) is 1. The van der Waals surface area contributed by atoms with Gasteiger partial charge in [-0.25, -0.2) is 5.11 Å². The third-order valence-electron chi connectivity index (χ3n) is 1.69. The van der Waals surface area contributed by atoms with E-state index in [1.165, 1.54) is 0 Å². The summed E-state index contributed by atoms with van der Waals surface area (Å²) in [6.45, 7) is 2.24. The molecule has 0 amide bonds. The average molecular weight is 130 g/mol. The van der Waals surface area contributed by atoms with Crippen LogP contribution in [-0.4, -0.2) is 44.4 Å². The minimum atomic E-state index is -0.00694. The lowest BCUT2D eigenvalue weighted by molar-refractivity contribution is -0.0611. The highest BCUT2D eigenvalue weighted by Gasteiger charge is 2.21. The molecule has 0 aliphatic carbocycles. The SMILES string of the molecule is CN(CC[O])C1COC1. The van der Waals surface area contributed by atoms with E-state index in [0.717, 1.165) is 13.2 Å². The Morgan fingerprint density at radius 2 is 2.33 bits per heavy atom. The third-order valence-corrected chi connectivity index (χ3v) is 1.69. The maximum Gasteiger partial charge on any atom is 0.0949 e. The summed E-state index contributed by atoms with van der Waals surface area (Å²) in [6.07, 6.45) is 0. The van der Waals surface area contributed by atoms with E-state index in [1.54, 1.807) is 0 Å². The molecule has 0 aromatic heterocycles. The van der Waals surface area contributed by atoms with Gasteiger partial charge >= 0.3 is 0 Å². The lowest BCUT2D eigenvalue weighted by atomic mass is 10.2. The smallest absolute Gasteiger partial charge is 0.0949 e. The maximum atomic E-state index is 10.1. The van der Waals surface area contributed by atoms with Crippen LogP contribution in [0.3, 0.4) is 0 Å². The zero-order chi connectivity index (χ0) is 6.69. The summed E-state index contributed by atoms with van der Waals surface area (Å²) in [7, 11) is 1.96. The van der Waals surface area contributed by atoms with Crippen molar-refractivity contribution in [1.82, 2.24) is 4.90 Å². The topological polar surface area (TPSA) is 32.4 Å². The molecule has 1 aliphatic heterocycles. The predicted molar refractivity (Wildman–Crippen MR) is 32.8 cm³/mol. The molecule has 0 spiro atoms. The highest BCUT2D eigenvalue weighted by atomic mass is 16.5. The minimum Gasteiger partial charge on any atom is -0.378 e. The van der Waals surface area contributed by atoms with E-state index < -0.39 is 0 Å². The van der Waals surface area contributed by atoms with Crippen molar-refractivity contribution in [3.8, 4) is 0 Å². The first-order valence-corrected chi connectivity index (χ1v) is 3.20. The van der Waals surface area contributed by atoms with E-state index in [0.29, 0.717) is 12.6 Å². The number of hydrogen-bond donors (Lipinski definition) is 0. The second-order valence-electron chi connectivity index (χ2n) is 2.38. The van der Waals surface area contributed by atoms with Gasteiger partial charge in [0.15, 0.2) is 0 Å². The highest BCUT2D eigenvalue weighted by Crippen LogP contribution is 2.06. The number of rotatable bonds is 3. The number of nitrogens with zero attached hydrogens (tertiary/aromatic N) is 1. The second-order valence-corrected chi connectivity index (χ2v) is 2.38. The van der Waals surface area contributed by atoms with Gasteiger partial charge in [0.25, 0.3) is 0 Å². The quantitative estimate of drug-likeness (QED) is 0.527. The monoisotopic (exact) mass is 130 g/mol. The van der Waals surface area contributed by atoms with Crippen LogP contribution in [0.4, 0.5) is 0 Å². The van der Waals surface area contributed by atoms with Crippen molar-refractivity contribution in [2.45, 2.75) is 6.04 Å². The Bertz CT molecular complexity index is 83.1. The fraction of sp³-hybridized carbons (Fsp3) is 1.00. The van der Waals surface area contributed by atoms with Crippen LogP contribution in [0, 0.1) is 0 Å². The first-order chi connectivity index (χ1) is 4.34. The fourth-order valence-electron chi connectivity index (χ4n) is 0.804. The molecule has 3 heteroatoms. The van der Waals surface area contributed by atoms with Gasteiger partial charge in [0.2, 0.25) is 0 Å². The molecule has 0 aromatic carbocycles. The molecule has 1 aliphatic rings. The number of hydrogen-bond acceptors (Lipinski definition) is 2. The van der Waals surface area contributed by atoms with E-state index in [2.05, 4.69) is 4.90 Å². The van der Waals surface area contributed by atoms with E-state index in [1.807, 2.05) is 7.05 Å².